The Morgan fingerprint density at radius 3 is 2.50 bits per heavy atom. The molecule has 108 valence electrons. The van der Waals surface area contributed by atoms with Crippen LogP contribution >= 0.6 is 0 Å². The summed E-state index contributed by atoms with van der Waals surface area (Å²) < 4.78 is 12.8. The van der Waals surface area contributed by atoms with Crippen LogP contribution in [-0.4, -0.2) is 61.4 Å². The van der Waals surface area contributed by atoms with E-state index in [2.05, 4.69) is 15.0 Å². The number of aliphatic hydroxyl groups is 2. The van der Waals surface area contributed by atoms with Crippen LogP contribution in [0.25, 0.3) is 11.2 Å². The van der Waals surface area contributed by atoms with Gasteiger partial charge in [-0.15, -0.1) is 0 Å². The van der Waals surface area contributed by atoms with Crippen molar-refractivity contribution in [2.24, 2.45) is 0 Å². The minimum Gasteiger partial charge on any atom is -0.394 e. The molecule has 0 bridgehead atoms. The predicted molar refractivity (Wildman–Crippen MR) is 67.4 cm³/mol. The van der Waals surface area contributed by atoms with Gasteiger partial charge in [-0.3, -0.25) is 0 Å². The second-order valence-electron chi connectivity index (χ2n) is 4.47. The number of imidazole rings is 1. The largest absolute Gasteiger partial charge is 0.394 e. The van der Waals surface area contributed by atoms with Gasteiger partial charge in [0.1, 0.15) is 24.1 Å². The minimum absolute atomic E-state index is 0.207. The number of rotatable bonds is 4. The van der Waals surface area contributed by atoms with Gasteiger partial charge < -0.3 is 30.0 Å². The Balaban J connectivity index is 1.79. The summed E-state index contributed by atoms with van der Waals surface area (Å²) in [6, 6.07) is 0. The Kier molecular flexibility index (Phi) is 3.49. The fourth-order valence-corrected chi connectivity index (χ4v) is 2.20. The van der Waals surface area contributed by atoms with Crippen LogP contribution in [-0.2, 0) is 16.0 Å². The lowest BCUT2D eigenvalue weighted by Gasteiger charge is -2.11. The highest BCUT2D eigenvalue weighted by Crippen LogP contribution is 2.22. The van der Waals surface area contributed by atoms with E-state index in [1.165, 1.54) is 6.33 Å². The number of hydrogen-bond acceptors (Lipinski definition) is 8. The zero-order chi connectivity index (χ0) is 14.1. The first-order valence-electron chi connectivity index (χ1n) is 6.17. The number of hydrogen-bond donors (Lipinski definition) is 3. The molecule has 0 amide bonds. The van der Waals surface area contributed by atoms with Crippen molar-refractivity contribution in [1.29, 1.82) is 0 Å². The lowest BCUT2D eigenvalue weighted by molar-refractivity contribution is -0.0827. The van der Waals surface area contributed by atoms with E-state index in [0.29, 0.717) is 23.5 Å². The molecule has 0 saturated carbocycles. The van der Waals surface area contributed by atoms with Gasteiger partial charge in [0.2, 0.25) is 0 Å². The molecule has 1 fully saturated rings. The van der Waals surface area contributed by atoms with Gasteiger partial charge >= 0.3 is 0 Å². The number of aromatic nitrogens is 4. The minimum atomic E-state index is -0.585. The fourth-order valence-electron chi connectivity index (χ4n) is 2.20. The highest BCUT2D eigenvalue weighted by Gasteiger charge is 2.35. The number of aliphatic hydroxyl groups excluding tert-OH is 2. The SMILES string of the molecule is Nc1ncnc2c1ncn2CC1OC(CO)C(CO)O1. The van der Waals surface area contributed by atoms with Crippen molar-refractivity contribution in [3.8, 4) is 0 Å². The number of nitrogen functional groups attached to an aromatic ring is 1. The quantitative estimate of drug-likeness (QED) is 0.618. The van der Waals surface area contributed by atoms with Gasteiger partial charge in [0.05, 0.1) is 26.1 Å². The summed E-state index contributed by atoms with van der Waals surface area (Å²) in [6.07, 6.45) is 1.29. The van der Waals surface area contributed by atoms with E-state index in [9.17, 15) is 0 Å². The first-order chi connectivity index (χ1) is 9.72. The smallest absolute Gasteiger partial charge is 0.176 e. The van der Waals surface area contributed by atoms with Crippen molar-refractivity contribution < 1.29 is 19.7 Å². The molecule has 0 radical (unpaired) electrons. The Morgan fingerprint density at radius 2 is 1.85 bits per heavy atom. The van der Waals surface area contributed by atoms with Crippen LogP contribution in [0.5, 0.6) is 0 Å². The summed E-state index contributed by atoms with van der Waals surface area (Å²) in [4.78, 5) is 12.1. The van der Waals surface area contributed by atoms with Crippen LogP contribution in [0.2, 0.25) is 0 Å². The Labute approximate surface area is 114 Å². The van der Waals surface area contributed by atoms with E-state index in [0.717, 1.165) is 0 Å². The molecule has 2 aromatic heterocycles. The summed E-state index contributed by atoms with van der Waals surface area (Å²) in [5.74, 6) is 0.309. The molecule has 0 aromatic carbocycles. The third kappa shape index (κ3) is 2.20. The zero-order valence-electron chi connectivity index (χ0n) is 10.6. The molecule has 4 N–H and O–H groups in total. The monoisotopic (exact) mass is 281 g/mol. The molecule has 1 aliphatic rings. The molecular weight excluding hydrogens is 266 g/mol. The van der Waals surface area contributed by atoms with Crippen LogP contribution in [0.15, 0.2) is 12.7 Å². The zero-order valence-corrected chi connectivity index (χ0v) is 10.6. The molecule has 3 rings (SSSR count). The normalized spacial score (nSPS) is 26.4. The van der Waals surface area contributed by atoms with E-state index in [1.807, 2.05) is 0 Å². The van der Waals surface area contributed by atoms with Crippen molar-refractivity contribution in [2.45, 2.75) is 25.0 Å². The maximum Gasteiger partial charge on any atom is 0.176 e. The number of nitrogens with zero attached hydrogens (tertiary/aromatic N) is 4. The maximum absolute atomic E-state index is 9.15. The van der Waals surface area contributed by atoms with Crippen LogP contribution in [0.1, 0.15) is 0 Å². The first kappa shape index (κ1) is 13.2. The third-order valence-electron chi connectivity index (χ3n) is 3.20. The predicted octanol–water partition coefficient (Wildman–Crippen LogP) is -1.50. The highest BCUT2D eigenvalue weighted by atomic mass is 16.7. The van der Waals surface area contributed by atoms with Gasteiger partial charge in [0, 0.05) is 0 Å². The Morgan fingerprint density at radius 1 is 1.15 bits per heavy atom. The molecule has 20 heavy (non-hydrogen) atoms. The van der Waals surface area contributed by atoms with E-state index < -0.39 is 18.5 Å². The fraction of sp³-hybridized carbons (Fsp3) is 0.545. The molecule has 9 heteroatoms. The van der Waals surface area contributed by atoms with Crippen LogP contribution in [0.3, 0.4) is 0 Å². The Bertz CT molecular complexity index is 592. The number of fused-ring (bicyclic) bond motifs is 1. The summed E-state index contributed by atoms with van der Waals surface area (Å²) in [5.41, 5.74) is 6.81. The van der Waals surface area contributed by atoms with Crippen molar-refractivity contribution in [1.82, 2.24) is 19.5 Å². The average molecular weight is 281 g/mol. The topological polar surface area (TPSA) is 129 Å². The first-order valence-corrected chi connectivity index (χ1v) is 6.17. The van der Waals surface area contributed by atoms with E-state index in [-0.39, 0.29) is 13.2 Å². The van der Waals surface area contributed by atoms with Crippen molar-refractivity contribution in [3.63, 3.8) is 0 Å². The molecule has 2 atom stereocenters. The highest BCUT2D eigenvalue weighted by molar-refractivity contribution is 5.81. The molecular formula is C11H15N5O4. The van der Waals surface area contributed by atoms with Crippen LogP contribution < -0.4 is 5.73 Å². The van der Waals surface area contributed by atoms with Gasteiger partial charge in [-0.25, -0.2) is 15.0 Å². The van der Waals surface area contributed by atoms with Gasteiger partial charge in [-0.05, 0) is 0 Å². The molecule has 9 nitrogen and oxygen atoms in total. The van der Waals surface area contributed by atoms with E-state index in [1.54, 1.807) is 10.9 Å². The molecule has 1 aliphatic heterocycles. The van der Waals surface area contributed by atoms with Crippen molar-refractivity contribution >= 4 is 17.0 Å². The second kappa shape index (κ2) is 5.29. The third-order valence-corrected chi connectivity index (χ3v) is 3.20. The molecule has 0 aliphatic carbocycles. The molecule has 2 unspecified atom stereocenters. The average Bonchev–Trinajstić information content (AvgIpc) is 3.04. The standard InChI is InChI=1S/C11H15N5O4/c12-10-9-11(14-4-13-10)16(5-15-9)1-8-19-6(2-17)7(3-18)20-8/h4-8,17-18H,1-3H2,(H2,12,13,14). The summed E-state index contributed by atoms with van der Waals surface area (Å²) in [6.45, 7) is -0.0804. The number of nitrogens with two attached hydrogens (primary N) is 1. The molecule has 0 spiro atoms. The molecule has 3 heterocycles. The van der Waals surface area contributed by atoms with Gasteiger partial charge in [0.15, 0.2) is 17.8 Å². The van der Waals surface area contributed by atoms with Gasteiger partial charge in [-0.1, -0.05) is 0 Å². The van der Waals surface area contributed by atoms with Crippen molar-refractivity contribution in [2.75, 3.05) is 18.9 Å². The van der Waals surface area contributed by atoms with Gasteiger partial charge in [-0.2, -0.15) is 0 Å². The van der Waals surface area contributed by atoms with Crippen molar-refractivity contribution in [3.05, 3.63) is 12.7 Å². The number of anilines is 1. The summed E-state index contributed by atoms with van der Waals surface area (Å²) in [5, 5.41) is 18.3. The number of ether oxygens (including phenoxy) is 2. The van der Waals surface area contributed by atoms with Crippen LogP contribution in [0, 0.1) is 0 Å². The lowest BCUT2D eigenvalue weighted by atomic mass is 10.2. The van der Waals surface area contributed by atoms with Gasteiger partial charge in [0.25, 0.3) is 0 Å². The van der Waals surface area contributed by atoms with E-state index >= 15 is 0 Å². The molecule has 2 aromatic rings. The summed E-state index contributed by atoms with van der Waals surface area (Å²) >= 11 is 0. The maximum atomic E-state index is 9.15. The molecule has 1 saturated heterocycles. The summed E-state index contributed by atoms with van der Waals surface area (Å²) in [7, 11) is 0. The lowest BCUT2D eigenvalue weighted by Crippen LogP contribution is -2.29. The van der Waals surface area contributed by atoms with Crippen LogP contribution in [0.4, 0.5) is 5.82 Å². The second-order valence-corrected chi connectivity index (χ2v) is 4.47. The Hall–Kier alpha value is -1.81. The van der Waals surface area contributed by atoms with E-state index in [4.69, 9.17) is 25.4 Å².